The molecule has 2 amide bonds. The van der Waals surface area contributed by atoms with Gasteiger partial charge in [-0.3, -0.25) is 20.6 Å². The highest BCUT2D eigenvalue weighted by molar-refractivity contribution is 5.97. The molecule has 1 aromatic rings. The van der Waals surface area contributed by atoms with Gasteiger partial charge in [0, 0.05) is 5.69 Å². The normalized spacial score (nSPS) is 17.5. The van der Waals surface area contributed by atoms with Crippen LogP contribution in [-0.4, -0.2) is 47.0 Å². The van der Waals surface area contributed by atoms with E-state index in [0.717, 1.165) is 31.2 Å². The first kappa shape index (κ1) is 23.2. The number of hydrogen-bond acceptors (Lipinski definition) is 7. The van der Waals surface area contributed by atoms with E-state index in [1.54, 1.807) is 24.3 Å². The van der Waals surface area contributed by atoms with Crippen molar-refractivity contribution >= 4 is 17.5 Å². The average molecular weight is 408 g/mol. The van der Waals surface area contributed by atoms with Crippen LogP contribution in [0.1, 0.15) is 44.1 Å². The molecule has 0 saturated heterocycles. The van der Waals surface area contributed by atoms with E-state index < -0.39 is 18.4 Å². The third-order valence-electron chi connectivity index (χ3n) is 5.27. The third-order valence-corrected chi connectivity index (χ3v) is 5.27. The van der Waals surface area contributed by atoms with Crippen molar-refractivity contribution in [3.05, 3.63) is 29.8 Å². The Kier molecular flexibility index (Phi) is 9.49. The number of rotatable bonds is 11. The average Bonchev–Trinajstić information content (AvgIpc) is 3.24. The van der Waals surface area contributed by atoms with Crippen LogP contribution in [0.3, 0.4) is 0 Å². The summed E-state index contributed by atoms with van der Waals surface area (Å²) < 4.78 is 0. The van der Waals surface area contributed by atoms with Gasteiger partial charge in [-0.1, -0.05) is 25.0 Å². The van der Waals surface area contributed by atoms with Gasteiger partial charge in [0.25, 0.3) is 0 Å². The van der Waals surface area contributed by atoms with Crippen LogP contribution < -0.4 is 27.4 Å². The fourth-order valence-corrected chi connectivity index (χ4v) is 3.55. The van der Waals surface area contributed by atoms with Gasteiger partial charge < -0.3 is 26.6 Å². The zero-order valence-corrected chi connectivity index (χ0v) is 16.6. The minimum Gasteiger partial charge on any atom is -0.392 e. The topological polar surface area (TPSA) is 163 Å². The zero-order valence-electron chi connectivity index (χ0n) is 16.6. The number of benzene rings is 1. The molecule has 0 spiro atoms. The van der Waals surface area contributed by atoms with E-state index in [0.29, 0.717) is 25.1 Å². The smallest absolute Gasteiger partial charge is 0.246 e. The van der Waals surface area contributed by atoms with Gasteiger partial charge >= 0.3 is 0 Å². The molecule has 9 N–H and O–H groups in total. The van der Waals surface area contributed by atoms with Gasteiger partial charge in [-0.25, -0.2) is 0 Å². The fourth-order valence-electron chi connectivity index (χ4n) is 3.55. The molecule has 162 valence electrons. The van der Waals surface area contributed by atoms with Gasteiger partial charge in [-0.05, 0) is 55.8 Å². The molecule has 3 atom stereocenters. The van der Waals surface area contributed by atoms with Crippen molar-refractivity contribution in [2.45, 2.75) is 63.6 Å². The van der Waals surface area contributed by atoms with Crippen molar-refractivity contribution in [3.8, 4) is 0 Å². The van der Waals surface area contributed by atoms with E-state index in [9.17, 15) is 9.59 Å². The standard InChI is InChI=1S/C20H33N5O4/c21-17(14-4-1-2-5-14)19(28)25-16(6-3-11-23-20(22)29)18(27)24-15-9-7-13(12-26)8-10-15/h7-10,14,16-17,20,23,26,29H,1-6,11-12,21-22H2,(H,24,27)(H,25,28)/t16-,17-,20?/m0/s1. The van der Waals surface area contributed by atoms with Gasteiger partial charge in [-0.15, -0.1) is 0 Å². The van der Waals surface area contributed by atoms with Gasteiger partial charge in [-0.2, -0.15) is 0 Å². The molecule has 0 radical (unpaired) electrons. The number of anilines is 1. The van der Waals surface area contributed by atoms with Crippen LogP contribution in [-0.2, 0) is 16.2 Å². The minimum atomic E-state index is -1.13. The summed E-state index contributed by atoms with van der Waals surface area (Å²) in [6, 6.07) is 5.43. The Morgan fingerprint density at radius 3 is 2.34 bits per heavy atom. The van der Waals surface area contributed by atoms with Crippen molar-refractivity contribution in [1.29, 1.82) is 0 Å². The number of nitrogens with two attached hydrogens (primary N) is 2. The Hall–Kier alpha value is -2.04. The molecule has 1 aliphatic rings. The number of nitrogens with one attached hydrogen (secondary N) is 3. The molecule has 0 bridgehead atoms. The van der Waals surface area contributed by atoms with Crippen LogP contribution in [0.15, 0.2) is 24.3 Å². The van der Waals surface area contributed by atoms with Crippen LogP contribution in [0.2, 0.25) is 0 Å². The molecule has 9 nitrogen and oxygen atoms in total. The molecular weight excluding hydrogens is 374 g/mol. The maximum absolute atomic E-state index is 12.8. The molecule has 29 heavy (non-hydrogen) atoms. The maximum atomic E-state index is 12.8. The second kappa shape index (κ2) is 11.8. The van der Waals surface area contributed by atoms with Crippen LogP contribution >= 0.6 is 0 Å². The van der Waals surface area contributed by atoms with E-state index in [1.165, 1.54) is 0 Å². The van der Waals surface area contributed by atoms with E-state index in [-0.39, 0.29) is 24.3 Å². The third kappa shape index (κ3) is 7.71. The van der Waals surface area contributed by atoms with Crippen LogP contribution in [0.5, 0.6) is 0 Å². The monoisotopic (exact) mass is 407 g/mol. The lowest BCUT2D eigenvalue weighted by atomic mass is 9.97. The molecule has 1 unspecified atom stereocenters. The number of aliphatic hydroxyl groups is 2. The van der Waals surface area contributed by atoms with Crippen LogP contribution in [0.25, 0.3) is 0 Å². The van der Waals surface area contributed by atoms with Gasteiger partial charge in [0.05, 0.1) is 12.6 Å². The molecule has 9 heteroatoms. The van der Waals surface area contributed by atoms with Crippen LogP contribution in [0.4, 0.5) is 5.69 Å². The number of carbonyl (C=O) groups excluding carboxylic acids is 2. The summed E-state index contributed by atoms with van der Waals surface area (Å²) in [5.41, 5.74) is 12.7. The van der Waals surface area contributed by atoms with E-state index in [2.05, 4.69) is 16.0 Å². The van der Waals surface area contributed by atoms with E-state index >= 15 is 0 Å². The molecule has 0 heterocycles. The Morgan fingerprint density at radius 1 is 1.10 bits per heavy atom. The summed E-state index contributed by atoms with van der Waals surface area (Å²) in [5.74, 6) is -0.514. The Morgan fingerprint density at radius 2 is 1.76 bits per heavy atom. The number of hydrogen-bond donors (Lipinski definition) is 7. The van der Waals surface area contributed by atoms with E-state index in [1.807, 2.05) is 0 Å². The predicted octanol–water partition coefficient (Wildman–Crippen LogP) is -0.276. The summed E-state index contributed by atoms with van der Waals surface area (Å²) in [6.07, 6.45) is 3.77. The summed E-state index contributed by atoms with van der Waals surface area (Å²) in [6.45, 7) is 0.323. The summed E-state index contributed by atoms with van der Waals surface area (Å²) in [5, 5.41) is 26.4. The lowest BCUT2D eigenvalue weighted by Crippen LogP contribution is -2.52. The highest BCUT2D eigenvalue weighted by atomic mass is 16.3. The first-order chi connectivity index (χ1) is 13.9. The Bertz CT molecular complexity index is 647. The molecule has 2 rings (SSSR count). The second-order valence-corrected chi connectivity index (χ2v) is 7.52. The molecule has 1 aliphatic carbocycles. The summed E-state index contributed by atoms with van der Waals surface area (Å²) in [7, 11) is 0. The molecule has 1 saturated carbocycles. The minimum absolute atomic E-state index is 0.0774. The molecule has 1 aromatic carbocycles. The van der Waals surface area contributed by atoms with Gasteiger partial charge in [0.15, 0.2) is 6.35 Å². The lowest BCUT2D eigenvalue weighted by molar-refractivity contribution is -0.128. The summed E-state index contributed by atoms with van der Waals surface area (Å²) in [4.78, 5) is 25.4. The molecule has 0 aliphatic heterocycles. The summed E-state index contributed by atoms with van der Waals surface area (Å²) >= 11 is 0. The quantitative estimate of drug-likeness (QED) is 0.196. The maximum Gasteiger partial charge on any atom is 0.246 e. The largest absolute Gasteiger partial charge is 0.392 e. The highest BCUT2D eigenvalue weighted by Gasteiger charge is 2.30. The van der Waals surface area contributed by atoms with Gasteiger partial charge in [0.2, 0.25) is 11.8 Å². The highest BCUT2D eigenvalue weighted by Crippen LogP contribution is 2.27. The van der Waals surface area contributed by atoms with Crippen LogP contribution in [0, 0.1) is 5.92 Å². The van der Waals surface area contributed by atoms with Crippen molar-refractivity contribution in [3.63, 3.8) is 0 Å². The first-order valence-corrected chi connectivity index (χ1v) is 10.1. The van der Waals surface area contributed by atoms with Crippen molar-refractivity contribution < 1.29 is 19.8 Å². The zero-order chi connectivity index (χ0) is 21.2. The van der Waals surface area contributed by atoms with Crippen molar-refractivity contribution in [2.75, 3.05) is 11.9 Å². The van der Waals surface area contributed by atoms with Crippen molar-refractivity contribution in [2.24, 2.45) is 17.4 Å². The Labute approximate surface area is 171 Å². The number of amides is 2. The SMILES string of the molecule is NC(O)NCCC[C@H](NC(=O)[C@@H](N)C1CCCC1)C(=O)Nc1ccc(CO)cc1. The molecule has 1 fully saturated rings. The first-order valence-electron chi connectivity index (χ1n) is 10.1. The lowest BCUT2D eigenvalue weighted by Gasteiger charge is -2.23. The predicted molar refractivity (Wildman–Crippen MR) is 110 cm³/mol. The Balaban J connectivity index is 1.97. The van der Waals surface area contributed by atoms with Crippen molar-refractivity contribution in [1.82, 2.24) is 10.6 Å². The van der Waals surface area contributed by atoms with E-state index in [4.69, 9.17) is 21.7 Å². The molecule has 0 aromatic heterocycles. The van der Waals surface area contributed by atoms with Gasteiger partial charge in [0.1, 0.15) is 6.04 Å². The number of carbonyl (C=O) groups is 2. The number of aliphatic hydroxyl groups excluding tert-OH is 2. The second-order valence-electron chi connectivity index (χ2n) is 7.52. The fraction of sp³-hybridized carbons (Fsp3) is 0.600. The molecular formula is C20H33N5O4.